The maximum atomic E-state index is 10.3. The van der Waals surface area contributed by atoms with Crippen molar-refractivity contribution in [3.05, 3.63) is 0 Å². The number of amides is 2. The molecule has 0 aromatic rings. The third kappa shape index (κ3) is 2.92. The van der Waals surface area contributed by atoms with Crippen LogP contribution in [0.25, 0.3) is 0 Å². The summed E-state index contributed by atoms with van der Waals surface area (Å²) in [6.45, 7) is 0. The van der Waals surface area contributed by atoms with E-state index in [-0.39, 0.29) is 0 Å². The average Bonchev–Trinajstić information content (AvgIpc) is 2.12. The Hall–Kier alpha value is -1.22. The highest BCUT2D eigenvalue weighted by Gasteiger charge is 2.35. The molecule has 0 spiro atoms. The lowest BCUT2D eigenvalue weighted by Gasteiger charge is -2.22. The zero-order valence-corrected chi connectivity index (χ0v) is 7.07. The van der Waals surface area contributed by atoms with Gasteiger partial charge in [0.1, 0.15) is 12.2 Å². The van der Waals surface area contributed by atoms with Crippen LogP contribution in [-0.2, 0) is 9.59 Å². The van der Waals surface area contributed by atoms with Crippen molar-refractivity contribution in [2.24, 2.45) is 11.5 Å². The molecule has 82 valence electrons. The van der Waals surface area contributed by atoms with Gasteiger partial charge >= 0.3 is 0 Å². The Labute approximate surface area is 78.7 Å². The van der Waals surface area contributed by atoms with Crippen LogP contribution in [0.5, 0.6) is 0 Å². The molecule has 0 aromatic carbocycles. The third-order valence-electron chi connectivity index (χ3n) is 1.58. The Morgan fingerprint density at radius 3 is 1.14 bits per heavy atom. The molecule has 8 heteroatoms. The first-order valence-corrected chi connectivity index (χ1v) is 3.60. The number of aliphatic hydroxyl groups is 4. The number of primary amides is 2. The number of rotatable bonds is 5. The minimum absolute atomic E-state index is 1.30. The average molecular weight is 208 g/mol. The van der Waals surface area contributed by atoms with Gasteiger partial charge in [0.05, 0.1) is 0 Å². The number of aliphatic hydroxyl groups excluding tert-OH is 4. The maximum Gasteiger partial charge on any atom is 0.249 e. The molecule has 0 radical (unpaired) electrons. The molecule has 0 saturated heterocycles. The molecule has 0 heterocycles. The highest BCUT2D eigenvalue weighted by Crippen LogP contribution is 2.04. The first kappa shape index (κ1) is 12.8. The van der Waals surface area contributed by atoms with Gasteiger partial charge in [-0.15, -0.1) is 0 Å². The Morgan fingerprint density at radius 1 is 0.786 bits per heavy atom. The molecule has 2 amide bonds. The second-order valence-corrected chi connectivity index (χ2v) is 2.68. The van der Waals surface area contributed by atoms with Crippen molar-refractivity contribution in [2.45, 2.75) is 24.4 Å². The van der Waals surface area contributed by atoms with E-state index in [1.807, 2.05) is 0 Å². The molecule has 4 atom stereocenters. The van der Waals surface area contributed by atoms with Crippen LogP contribution in [0.15, 0.2) is 0 Å². The van der Waals surface area contributed by atoms with E-state index in [0.717, 1.165) is 0 Å². The summed E-state index contributed by atoms with van der Waals surface area (Å²) in [5.74, 6) is -2.60. The van der Waals surface area contributed by atoms with E-state index < -0.39 is 36.2 Å². The van der Waals surface area contributed by atoms with Gasteiger partial charge in [0.15, 0.2) is 12.2 Å². The van der Waals surface area contributed by atoms with Gasteiger partial charge in [-0.25, -0.2) is 0 Å². The molecule has 8 nitrogen and oxygen atoms in total. The van der Waals surface area contributed by atoms with Crippen LogP contribution < -0.4 is 11.5 Å². The van der Waals surface area contributed by atoms with Crippen molar-refractivity contribution < 1.29 is 30.0 Å². The molecular weight excluding hydrogens is 196 g/mol. The van der Waals surface area contributed by atoms with Crippen molar-refractivity contribution in [2.75, 3.05) is 0 Å². The van der Waals surface area contributed by atoms with Gasteiger partial charge in [-0.05, 0) is 0 Å². The Balaban J connectivity index is 4.45. The smallest absolute Gasteiger partial charge is 0.249 e. The van der Waals surface area contributed by atoms with Crippen molar-refractivity contribution >= 4 is 11.8 Å². The first-order chi connectivity index (χ1) is 6.29. The van der Waals surface area contributed by atoms with Crippen LogP contribution >= 0.6 is 0 Å². The predicted molar refractivity (Wildman–Crippen MR) is 42.4 cm³/mol. The van der Waals surface area contributed by atoms with E-state index >= 15 is 0 Å². The molecule has 0 aliphatic carbocycles. The highest BCUT2D eigenvalue weighted by atomic mass is 16.4. The maximum absolute atomic E-state index is 10.3. The number of carbonyl (C=O) groups is 2. The molecule has 3 unspecified atom stereocenters. The van der Waals surface area contributed by atoms with Crippen molar-refractivity contribution in [1.29, 1.82) is 0 Å². The summed E-state index contributed by atoms with van der Waals surface area (Å²) in [4.78, 5) is 20.7. The Bertz CT molecular complexity index is 208. The van der Waals surface area contributed by atoms with Crippen molar-refractivity contribution in [3.63, 3.8) is 0 Å². The number of nitrogens with two attached hydrogens (primary N) is 2. The first-order valence-electron chi connectivity index (χ1n) is 3.60. The zero-order chi connectivity index (χ0) is 11.5. The number of hydrogen-bond acceptors (Lipinski definition) is 6. The van der Waals surface area contributed by atoms with E-state index in [0.29, 0.717) is 0 Å². The van der Waals surface area contributed by atoms with Gasteiger partial charge in [0.25, 0.3) is 0 Å². The van der Waals surface area contributed by atoms with Gasteiger partial charge in [0.2, 0.25) is 11.8 Å². The molecule has 0 bridgehead atoms. The number of hydrogen-bond donors (Lipinski definition) is 6. The van der Waals surface area contributed by atoms with Gasteiger partial charge in [0, 0.05) is 0 Å². The predicted octanol–water partition coefficient (Wildman–Crippen LogP) is -4.60. The minimum Gasteiger partial charge on any atom is -0.387 e. The van der Waals surface area contributed by atoms with Crippen LogP contribution in [0.4, 0.5) is 0 Å². The molecular formula is C6H12N2O6. The zero-order valence-electron chi connectivity index (χ0n) is 7.07. The summed E-state index contributed by atoms with van der Waals surface area (Å²) < 4.78 is 0. The fourth-order valence-corrected chi connectivity index (χ4v) is 0.710. The molecule has 0 saturated carbocycles. The van der Waals surface area contributed by atoms with Crippen LogP contribution in [0.2, 0.25) is 0 Å². The topological polar surface area (TPSA) is 167 Å². The van der Waals surface area contributed by atoms with Crippen LogP contribution in [0.3, 0.4) is 0 Å². The van der Waals surface area contributed by atoms with Crippen LogP contribution in [0.1, 0.15) is 0 Å². The lowest BCUT2D eigenvalue weighted by atomic mass is 10.0. The van der Waals surface area contributed by atoms with E-state index in [4.69, 9.17) is 20.4 Å². The Morgan fingerprint density at radius 2 is 1.00 bits per heavy atom. The molecule has 0 aliphatic rings. The molecule has 0 fully saturated rings. The molecule has 14 heavy (non-hydrogen) atoms. The quantitative estimate of drug-likeness (QED) is 0.266. The molecule has 0 aliphatic heterocycles. The lowest BCUT2D eigenvalue weighted by molar-refractivity contribution is -0.152. The monoisotopic (exact) mass is 208 g/mol. The third-order valence-corrected chi connectivity index (χ3v) is 1.58. The SMILES string of the molecule is NC(=O)C(O)C(O)[C@@H](O)C(O)C(N)=O. The van der Waals surface area contributed by atoms with Crippen LogP contribution in [0, 0.1) is 0 Å². The Kier molecular flexibility index (Phi) is 4.44. The van der Waals surface area contributed by atoms with Gasteiger partial charge in [-0.2, -0.15) is 0 Å². The van der Waals surface area contributed by atoms with Crippen molar-refractivity contribution in [1.82, 2.24) is 0 Å². The highest BCUT2D eigenvalue weighted by molar-refractivity contribution is 5.81. The lowest BCUT2D eigenvalue weighted by Crippen LogP contribution is -2.52. The minimum atomic E-state index is -2.08. The van der Waals surface area contributed by atoms with Crippen LogP contribution in [-0.4, -0.2) is 56.7 Å². The fraction of sp³-hybridized carbons (Fsp3) is 0.667. The largest absolute Gasteiger partial charge is 0.387 e. The standard InChI is InChI=1S/C6H12N2O6/c7-5(13)3(11)1(9)2(10)4(12)6(8)14/h1-4,9-12H,(H2,7,13)(H2,8,14)/t1-,2?,3?,4?/m1/s1. The summed E-state index contributed by atoms with van der Waals surface area (Å²) in [6, 6.07) is 0. The molecule has 8 N–H and O–H groups in total. The van der Waals surface area contributed by atoms with Gasteiger partial charge < -0.3 is 31.9 Å². The van der Waals surface area contributed by atoms with E-state index in [1.165, 1.54) is 0 Å². The summed E-state index contributed by atoms with van der Waals surface area (Å²) in [7, 11) is 0. The van der Waals surface area contributed by atoms with Crippen molar-refractivity contribution in [3.8, 4) is 0 Å². The molecule has 0 aromatic heterocycles. The molecule has 0 rings (SSSR count). The number of carbonyl (C=O) groups excluding carboxylic acids is 2. The normalized spacial score (nSPS) is 19.4. The summed E-state index contributed by atoms with van der Waals surface area (Å²) in [6.07, 6.45) is -8.32. The summed E-state index contributed by atoms with van der Waals surface area (Å²) >= 11 is 0. The summed E-state index contributed by atoms with van der Waals surface area (Å²) in [5.41, 5.74) is 9.19. The van der Waals surface area contributed by atoms with E-state index in [9.17, 15) is 9.59 Å². The summed E-state index contributed by atoms with van der Waals surface area (Å²) in [5, 5.41) is 35.7. The van der Waals surface area contributed by atoms with E-state index in [2.05, 4.69) is 11.5 Å². The van der Waals surface area contributed by atoms with Gasteiger partial charge in [-0.3, -0.25) is 9.59 Å². The fourth-order valence-electron chi connectivity index (χ4n) is 0.710. The van der Waals surface area contributed by atoms with Gasteiger partial charge in [-0.1, -0.05) is 0 Å². The van der Waals surface area contributed by atoms with E-state index in [1.54, 1.807) is 0 Å². The second-order valence-electron chi connectivity index (χ2n) is 2.68. The second kappa shape index (κ2) is 4.86.